The number of anilines is 1. The fourth-order valence-corrected chi connectivity index (χ4v) is 2.52. The zero-order valence-electron chi connectivity index (χ0n) is 14.9. The van der Waals surface area contributed by atoms with Crippen molar-refractivity contribution >= 4 is 23.4 Å². The number of aromatic nitrogens is 5. The van der Waals surface area contributed by atoms with Crippen LogP contribution >= 0.6 is 0 Å². The summed E-state index contributed by atoms with van der Waals surface area (Å²) in [6.07, 6.45) is 1.35. The van der Waals surface area contributed by atoms with Crippen molar-refractivity contribution in [2.24, 2.45) is 0 Å². The van der Waals surface area contributed by atoms with E-state index in [0.29, 0.717) is 6.54 Å². The number of hydrogen-bond donors (Lipinski definition) is 1. The molecule has 0 atom stereocenters. The standard InChI is InChI=1S/C15H13FN8O5/c1-9-13(23(26)27)14(24(28)29)19-22(9)7-12(25)18-15-17-8-21(20-15)6-10-2-4-11(16)5-3-10/h2-5,8H,6-7H2,1H3,(H,18,20,25). The molecule has 0 radical (unpaired) electrons. The van der Waals surface area contributed by atoms with Crippen molar-refractivity contribution in [2.45, 2.75) is 20.0 Å². The molecule has 0 fully saturated rings. The molecule has 0 spiro atoms. The van der Waals surface area contributed by atoms with E-state index >= 15 is 0 Å². The van der Waals surface area contributed by atoms with Gasteiger partial charge in [-0.05, 0) is 29.5 Å². The summed E-state index contributed by atoms with van der Waals surface area (Å²) in [6.45, 7) is 1.04. The third-order valence-electron chi connectivity index (χ3n) is 3.85. The van der Waals surface area contributed by atoms with Gasteiger partial charge in [-0.15, -0.1) is 5.10 Å². The second kappa shape index (κ2) is 7.79. The quantitative estimate of drug-likeness (QED) is 0.456. The summed E-state index contributed by atoms with van der Waals surface area (Å²) in [5, 5.41) is 31.9. The van der Waals surface area contributed by atoms with E-state index in [9.17, 15) is 29.4 Å². The van der Waals surface area contributed by atoms with E-state index in [2.05, 4.69) is 20.5 Å². The molecule has 29 heavy (non-hydrogen) atoms. The van der Waals surface area contributed by atoms with Gasteiger partial charge in [0.2, 0.25) is 5.95 Å². The second-order valence-electron chi connectivity index (χ2n) is 5.87. The SMILES string of the molecule is Cc1c([N+](=O)[O-])c([N+](=O)[O-])nn1CC(=O)Nc1ncn(Cc2ccc(F)cc2)n1. The molecule has 2 aromatic heterocycles. The maximum absolute atomic E-state index is 12.9. The van der Waals surface area contributed by atoms with Crippen LogP contribution in [0.3, 0.4) is 0 Å². The Morgan fingerprint density at radius 1 is 1.17 bits per heavy atom. The molecule has 1 N–H and O–H groups in total. The molecule has 3 rings (SSSR count). The summed E-state index contributed by atoms with van der Waals surface area (Å²) in [5.74, 6) is -2.03. The van der Waals surface area contributed by atoms with Crippen molar-refractivity contribution in [3.05, 3.63) is 67.9 Å². The highest BCUT2D eigenvalue weighted by Gasteiger charge is 2.35. The minimum atomic E-state index is -0.988. The lowest BCUT2D eigenvalue weighted by Gasteiger charge is -2.01. The van der Waals surface area contributed by atoms with Gasteiger partial charge in [0, 0.05) is 0 Å². The maximum atomic E-state index is 12.9. The van der Waals surface area contributed by atoms with Crippen LogP contribution in [0.1, 0.15) is 11.3 Å². The Hall–Kier alpha value is -4.23. The molecule has 0 saturated heterocycles. The Bertz CT molecular complexity index is 1090. The predicted molar refractivity (Wildman–Crippen MR) is 94.4 cm³/mol. The lowest BCUT2D eigenvalue weighted by Crippen LogP contribution is -2.21. The van der Waals surface area contributed by atoms with E-state index in [1.165, 1.54) is 30.1 Å². The molecule has 0 bridgehead atoms. The van der Waals surface area contributed by atoms with Crippen molar-refractivity contribution in [3.8, 4) is 0 Å². The van der Waals surface area contributed by atoms with Gasteiger partial charge in [-0.2, -0.15) is 4.68 Å². The number of carbonyl (C=O) groups is 1. The van der Waals surface area contributed by atoms with Gasteiger partial charge in [0.15, 0.2) is 0 Å². The Morgan fingerprint density at radius 2 is 1.86 bits per heavy atom. The highest BCUT2D eigenvalue weighted by atomic mass is 19.1. The zero-order chi connectivity index (χ0) is 21.1. The van der Waals surface area contributed by atoms with Crippen molar-refractivity contribution < 1.29 is 19.0 Å². The molecule has 0 saturated carbocycles. The van der Waals surface area contributed by atoms with Crippen LogP contribution in [0.15, 0.2) is 30.6 Å². The van der Waals surface area contributed by atoms with Crippen LogP contribution in [0.4, 0.5) is 21.8 Å². The summed E-state index contributed by atoms with van der Waals surface area (Å²) >= 11 is 0. The summed E-state index contributed by atoms with van der Waals surface area (Å²) < 4.78 is 15.2. The van der Waals surface area contributed by atoms with E-state index in [4.69, 9.17) is 0 Å². The van der Waals surface area contributed by atoms with Crippen molar-refractivity contribution in [1.29, 1.82) is 0 Å². The molecule has 0 aliphatic heterocycles. The number of carbonyl (C=O) groups excluding carboxylic acids is 1. The fraction of sp³-hybridized carbons (Fsp3) is 0.200. The van der Waals surface area contributed by atoms with Crippen LogP contribution in [0.2, 0.25) is 0 Å². The third-order valence-corrected chi connectivity index (χ3v) is 3.85. The molecule has 150 valence electrons. The first-order valence-corrected chi connectivity index (χ1v) is 8.04. The third kappa shape index (κ3) is 4.37. The highest BCUT2D eigenvalue weighted by molar-refractivity contribution is 5.88. The summed E-state index contributed by atoms with van der Waals surface area (Å²) in [6, 6.07) is 5.77. The number of benzene rings is 1. The van der Waals surface area contributed by atoms with Crippen molar-refractivity contribution in [1.82, 2.24) is 24.5 Å². The average molecular weight is 404 g/mol. The van der Waals surface area contributed by atoms with Gasteiger partial charge in [0.25, 0.3) is 5.91 Å². The Labute approximate surface area is 161 Å². The zero-order valence-corrected chi connectivity index (χ0v) is 14.9. The molecule has 1 aromatic carbocycles. The van der Waals surface area contributed by atoms with Crippen LogP contribution in [0.5, 0.6) is 0 Å². The summed E-state index contributed by atoms with van der Waals surface area (Å²) in [7, 11) is 0. The molecular formula is C15H13FN8O5. The number of amides is 1. The molecule has 0 unspecified atom stereocenters. The van der Waals surface area contributed by atoms with Gasteiger partial charge >= 0.3 is 11.5 Å². The van der Waals surface area contributed by atoms with Crippen LogP contribution in [0, 0.1) is 33.0 Å². The first kappa shape index (κ1) is 19.5. The average Bonchev–Trinajstić information content (AvgIpc) is 3.21. The van der Waals surface area contributed by atoms with E-state index in [0.717, 1.165) is 10.2 Å². The molecule has 3 aromatic rings. The van der Waals surface area contributed by atoms with Gasteiger partial charge in [-0.25, -0.2) is 14.1 Å². The second-order valence-corrected chi connectivity index (χ2v) is 5.87. The topological polar surface area (TPSA) is 164 Å². The minimum absolute atomic E-state index is 0.0362. The van der Waals surface area contributed by atoms with Crippen LogP contribution < -0.4 is 5.32 Å². The fourth-order valence-electron chi connectivity index (χ4n) is 2.52. The Kier molecular flexibility index (Phi) is 5.25. The number of nitrogens with zero attached hydrogens (tertiary/aromatic N) is 7. The van der Waals surface area contributed by atoms with E-state index in [-0.39, 0.29) is 17.5 Å². The number of halogens is 1. The normalized spacial score (nSPS) is 10.7. The highest BCUT2D eigenvalue weighted by Crippen LogP contribution is 2.29. The molecular weight excluding hydrogens is 391 g/mol. The predicted octanol–water partition coefficient (Wildman–Crippen LogP) is 1.43. The monoisotopic (exact) mass is 404 g/mol. The first-order valence-electron chi connectivity index (χ1n) is 8.04. The van der Waals surface area contributed by atoms with Gasteiger partial charge in [-0.1, -0.05) is 12.1 Å². The Morgan fingerprint density at radius 3 is 2.45 bits per heavy atom. The Balaban J connectivity index is 1.68. The molecule has 1 amide bonds. The number of nitro groups is 2. The van der Waals surface area contributed by atoms with E-state index in [1.54, 1.807) is 12.1 Å². The van der Waals surface area contributed by atoms with Crippen LogP contribution in [-0.4, -0.2) is 40.3 Å². The molecule has 0 aliphatic rings. The van der Waals surface area contributed by atoms with Crippen molar-refractivity contribution in [3.63, 3.8) is 0 Å². The molecule has 2 heterocycles. The van der Waals surface area contributed by atoms with E-state index in [1.807, 2.05) is 0 Å². The van der Waals surface area contributed by atoms with Gasteiger partial charge in [-0.3, -0.25) is 20.2 Å². The van der Waals surface area contributed by atoms with Crippen LogP contribution in [0.25, 0.3) is 0 Å². The summed E-state index contributed by atoms with van der Waals surface area (Å²) in [5.41, 5.74) is -0.142. The van der Waals surface area contributed by atoms with Gasteiger partial charge in [0.05, 0.1) is 16.6 Å². The lowest BCUT2D eigenvalue weighted by atomic mass is 10.2. The van der Waals surface area contributed by atoms with Crippen molar-refractivity contribution in [2.75, 3.05) is 5.32 Å². The number of nitrogens with one attached hydrogen (secondary N) is 1. The minimum Gasteiger partial charge on any atom is -0.358 e. The summed E-state index contributed by atoms with van der Waals surface area (Å²) in [4.78, 5) is 36.1. The molecule has 0 aliphatic carbocycles. The molecule has 13 nitrogen and oxygen atoms in total. The molecule has 14 heteroatoms. The van der Waals surface area contributed by atoms with Gasteiger partial charge in [0.1, 0.15) is 24.4 Å². The van der Waals surface area contributed by atoms with Crippen LogP contribution in [-0.2, 0) is 17.9 Å². The van der Waals surface area contributed by atoms with Gasteiger partial charge < -0.3 is 10.1 Å². The van der Waals surface area contributed by atoms with E-state index < -0.39 is 33.8 Å². The smallest absolute Gasteiger partial charge is 0.358 e. The largest absolute Gasteiger partial charge is 0.468 e. The number of rotatable bonds is 7. The lowest BCUT2D eigenvalue weighted by molar-refractivity contribution is -0.424. The maximum Gasteiger partial charge on any atom is 0.468 e. The number of hydrogen-bond acceptors (Lipinski definition) is 8. The first-order chi connectivity index (χ1) is 13.7.